The number of aliphatic hydroxyl groups is 2. The van der Waals surface area contributed by atoms with Crippen molar-refractivity contribution in [3.8, 4) is 0 Å². The van der Waals surface area contributed by atoms with Crippen molar-refractivity contribution >= 4 is 0 Å². The quantitative estimate of drug-likeness (QED) is 0.358. The van der Waals surface area contributed by atoms with Gasteiger partial charge < -0.3 is 15.5 Å². The van der Waals surface area contributed by atoms with Gasteiger partial charge in [0.25, 0.3) is 0 Å². The first-order chi connectivity index (χ1) is 3.30. The maximum absolute atomic E-state index is 8.60. The summed E-state index contributed by atoms with van der Waals surface area (Å²) in [6, 6.07) is 0. The first-order valence-corrected chi connectivity index (χ1v) is 2.09. The van der Waals surface area contributed by atoms with Crippen LogP contribution in [0.2, 0.25) is 0 Å². The van der Waals surface area contributed by atoms with Crippen LogP contribution in [-0.2, 0) is 0 Å². The van der Waals surface area contributed by atoms with Gasteiger partial charge in [-0.2, -0.15) is 0 Å². The fourth-order valence-electron chi connectivity index (χ4n) is 0.457. The van der Waals surface area contributed by atoms with Crippen molar-refractivity contribution in [2.75, 3.05) is 0 Å². The van der Waals surface area contributed by atoms with Crippen LogP contribution >= 0.6 is 0 Å². The molecule has 0 aromatic heterocycles. The smallest absolute Gasteiger partial charge is 0.154 e. The molecule has 0 aromatic carbocycles. The Balaban J connectivity index is 2.45. The van der Waals surface area contributed by atoms with Gasteiger partial charge in [0.1, 0.15) is 6.10 Å². The van der Waals surface area contributed by atoms with Gasteiger partial charge >= 0.3 is 0 Å². The molecule has 1 rings (SSSR count). The van der Waals surface area contributed by atoms with Gasteiger partial charge in [0, 0.05) is 0 Å². The van der Waals surface area contributed by atoms with Crippen molar-refractivity contribution in [2.24, 2.45) is 0 Å². The first kappa shape index (κ1) is 4.61. The molecular weight excluding hydrogens is 94.0 g/mol. The van der Waals surface area contributed by atoms with Gasteiger partial charge in [0.05, 0.1) is 0 Å². The Morgan fingerprint density at radius 1 is 1.43 bits per heavy atom. The summed E-state index contributed by atoms with van der Waals surface area (Å²) in [5.74, 6) is 0. The van der Waals surface area contributed by atoms with Gasteiger partial charge in [-0.15, -0.1) is 0 Å². The van der Waals surface area contributed by atoms with Crippen LogP contribution in [0.15, 0.2) is 12.3 Å². The number of rotatable bonds is 0. The second-order valence-electron chi connectivity index (χ2n) is 1.46. The molecule has 0 saturated carbocycles. The van der Waals surface area contributed by atoms with E-state index in [1.54, 1.807) is 0 Å². The van der Waals surface area contributed by atoms with E-state index in [4.69, 9.17) is 10.2 Å². The van der Waals surface area contributed by atoms with Crippen molar-refractivity contribution in [1.29, 1.82) is 0 Å². The highest BCUT2D eigenvalue weighted by atomic mass is 16.3. The fourth-order valence-corrected chi connectivity index (χ4v) is 0.457. The van der Waals surface area contributed by atoms with E-state index in [0.717, 1.165) is 0 Å². The van der Waals surface area contributed by atoms with E-state index >= 15 is 0 Å². The summed E-state index contributed by atoms with van der Waals surface area (Å²) in [6.45, 7) is 0. The van der Waals surface area contributed by atoms with Crippen molar-refractivity contribution in [1.82, 2.24) is 5.32 Å². The number of nitrogens with one attached hydrogen (secondary N) is 1. The number of hydrogen-bond donors (Lipinski definition) is 3. The SMILES string of the molecule is OC1C=CNC1O. The molecule has 0 spiro atoms. The molecule has 2 atom stereocenters. The highest BCUT2D eigenvalue weighted by Gasteiger charge is 2.14. The van der Waals surface area contributed by atoms with Gasteiger partial charge in [-0.1, -0.05) is 0 Å². The van der Waals surface area contributed by atoms with Gasteiger partial charge in [-0.3, -0.25) is 0 Å². The van der Waals surface area contributed by atoms with Crippen LogP contribution in [0.25, 0.3) is 0 Å². The lowest BCUT2D eigenvalue weighted by Crippen LogP contribution is -2.29. The summed E-state index contributed by atoms with van der Waals surface area (Å²) >= 11 is 0. The summed E-state index contributed by atoms with van der Waals surface area (Å²) in [5, 5.41) is 19.7. The Kier molecular flexibility index (Phi) is 1.00. The molecule has 0 aromatic rings. The minimum atomic E-state index is -0.792. The van der Waals surface area contributed by atoms with Crippen LogP contribution < -0.4 is 5.32 Å². The third-order valence-corrected chi connectivity index (χ3v) is 0.884. The summed E-state index contributed by atoms with van der Waals surface area (Å²) in [5.41, 5.74) is 0. The molecule has 1 aliphatic heterocycles. The highest BCUT2D eigenvalue weighted by Crippen LogP contribution is 1.96. The van der Waals surface area contributed by atoms with Crippen molar-refractivity contribution in [3.05, 3.63) is 12.3 Å². The van der Waals surface area contributed by atoms with Crippen LogP contribution in [0.5, 0.6) is 0 Å². The minimum Gasteiger partial charge on any atom is -0.384 e. The van der Waals surface area contributed by atoms with Crippen LogP contribution in [-0.4, -0.2) is 22.5 Å². The van der Waals surface area contributed by atoms with E-state index in [0.29, 0.717) is 0 Å². The fraction of sp³-hybridized carbons (Fsp3) is 0.500. The predicted octanol–water partition coefficient (Wildman–Crippen LogP) is -1.22. The molecule has 40 valence electrons. The van der Waals surface area contributed by atoms with E-state index in [9.17, 15) is 0 Å². The molecule has 7 heavy (non-hydrogen) atoms. The molecule has 0 bridgehead atoms. The molecule has 3 heteroatoms. The van der Waals surface area contributed by atoms with E-state index in [2.05, 4.69) is 5.32 Å². The average Bonchev–Trinajstić information content (AvgIpc) is 1.91. The third kappa shape index (κ3) is 0.730. The number of hydrogen-bond acceptors (Lipinski definition) is 3. The van der Waals surface area contributed by atoms with E-state index in [-0.39, 0.29) is 0 Å². The lowest BCUT2D eigenvalue weighted by molar-refractivity contribution is 0.0465. The second kappa shape index (κ2) is 1.52. The monoisotopic (exact) mass is 101 g/mol. The molecular formula is C4H7NO2. The molecule has 3 nitrogen and oxygen atoms in total. The van der Waals surface area contributed by atoms with Crippen molar-refractivity contribution in [2.45, 2.75) is 12.3 Å². The molecule has 0 fully saturated rings. The molecule has 0 aliphatic carbocycles. The minimum absolute atomic E-state index is 0.722. The largest absolute Gasteiger partial charge is 0.384 e. The Morgan fingerprint density at radius 2 is 2.14 bits per heavy atom. The van der Waals surface area contributed by atoms with Gasteiger partial charge in [-0.05, 0) is 12.3 Å². The highest BCUT2D eigenvalue weighted by molar-refractivity contribution is 4.98. The summed E-state index contributed by atoms with van der Waals surface area (Å²) in [7, 11) is 0. The lowest BCUT2D eigenvalue weighted by Gasteiger charge is -2.04. The lowest BCUT2D eigenvalue weighted by atomic mass is 10.4. The summed E-state index contributed by atoms with van der Waals surface area (Å²) in [6.07, 6.45) is 1.50. The first-order valence-electron chi connectivity index (χ1n) is 2.09. The van der Waals surface area contributed by atoms with Crippen LogP contribution in [0.1, 0.15) is 0 Å². The molecule has 3 N–H and O–H groups in total. The van der Waals surface area contributed by atoms with Crippen LogP contribution in [0.4, 0.5) is 0 Å². The Hall–Kier alpha value is -0.540. The second-order valence-corrected chi connectivity index (χ2v) is 1.46. The zero-order chi connectivity index (χ0) is 5.28. The standard InChI is InChI=1S/C4H7NO2/c6-3-1-2-5-4(3)7/h1-7H. The van der Waals surface area contributed by atoms with E-state index < -0.39 is 12.3 Å². The molecule has 0 amide bonds. The Bertz CT molecular complexity index is 91.7. The van der Waals surface area contributed by atoms with E-state index in [1.165, 1.54) is 12.3 Å². The normalized spacial score (nSPS) is 38.6. The van der Waals surface area contributed by atoms with Gasteiger partial charge in [0.15, 0.2) is 6.23 Å². The molecule has 1 aliphatic rings. The van der Waals surface area contributed by atoms with Crippen molar-refractivity contribution < 1.29 is 10.2 Å². The molecule has 0 saturated heterocycles. The average molecular weight is 101 g/mol. The third-order valence-electron chi connectivity index (χ3n) is 0.884. The molecule has 1 heterocycles. The zero-order valence-electron chi connectivity index (χ0n) is 3.70. The maximum Gasteiger partial charge on any atom is 0.154 e. The zero-order valence-corrected chi connectivity index (χ0v) is 3.70. The van der Waals surface area contributed by atoms with E-state index in [1.807, 2.05) is 0 Å². The number of aliphatic hydroxyl groups excluding tert-OH is 2. The maximum atomic E-state index is 8.60. The van der Waals surface area contributed by atoms with Crippen LogP contribution in [0, 0.1) is 0 Å². The Morgan fingerprint density at radius 3 is 2.29 bits per heavy atom. The molecule has 0 radical (unpaired) electrons. The predicted molar refractivity (Wildman–Crippen MR) is 24.3 cm³/mol. The van der Waals surface area contributed by atoms with Gasteiger partial charge in [-0.25, -0.2) is 0 Å². The van der Waals surface area contributed by atoms with Crippen LogP contribution in [0.3, 0.4) is 0 Å². The summed E-state index contributed by atoms with van der Waals surface area (Å²) in [4.78, 5) is 0. The summed E-state index contributed by atoms with van der Waals surface area (Å²) < 4.78 is 0. The molecule has 2 unspecified atom stereocenters. The Labute approximate surface area is 41.3 Å². The van der Waals surface area contributed by atoms with Crippen molar-refractivity contribution in [3.63, 3.8) is 0 Å². The van der Waals surface area contributed by atoms with Gasteiger partial charge in [0.2, 0.25) is 0 Å². The topological polar surface area (TPSA) is 52.5 Å².